The van der Waals surface area contributed by atoms with Crippen LogP contribution in [0.25, 0.3) is 0 Å². The van der Waals surface area contributed by atoms with Gasteiger partial charge >= 0.3 is 0 Å². The highest BCUT2D eigenvalue weighted by Crippen LogP contribution is 2.15. The van der Waals surface area contributed by atoms with Gasteiger partial charge in [-0.25, -0.2) is 4.39 Å². The number of nitrogens with one attached hydrogen (secondary N) is 1. The third-order valence-corrected chi connectivity index (χ3v) is 3.17. The highest BCUT2D eigenvalue weighted by Gasteiger charge is 2.19. The molecule has 102 valence electrons. The fraction of sp³-hybridized carbons (Fsp3) is 0.600. The van der Waals surface area contributed by atoms with Gasteiger partial charge in [-0.15, -0.1) is 0 Å². The standard InChI is InChI=1S/C15H24FNO/c1-12(11-15(2,3)18-4)17-10-9-13-5-7-14(16)8-6-13/h5-8,12,17H,9-11H2,1-4H3. The highest BCUT2D eigenvalue weighted by atomic mass is 19.1. The van der Waals surface area contributed by atoms with Crippen molar-refractivity contribution in [2.75, 3.05) is 13.7 Å². The minimum Gasteiger partial charge on any atom is -0.379 e. The van der Waals surface area contributed by atoms with Crippen LogP contribution in [0.15, 0.2) is 24.3 Å². The van der Waals surface area contributed by atoms with Crippen molar-refractivity contribution < 1.29 is 9.13 Å². The van der Waals surface area contributed by atoms with E-state index in [2.05, 4.69) is 26.1 Å². The lowest BCUT2D eigenvalue weighted by Crippen LogP contribution is -2.36. The third kappa shape index (κ3) is 5.61. The Hall–Kier alpha value is -0.930. The summed E-state index contributed by atoms with van der Waals surface area (Å²) in [7, 11) is 1.74. The van der Waals surface area contributed by atoms with Crippen LogP contribution < -0.4 is 5.32 Å². The number of methoxy groups -OCH3 is 1. The molecule has 2 nitrogen and oxygen atoms in total. The molecule has 0 bridgehead atoms. The Morgan fingerprint density at radius 3 is 2.44 bits per heavy atom. The van der Waals surface area contributed by atoms with E-state index in [1.54, 1.807) is 7.11 Å². The zero-order valence-corrected chi connectivity index (χ0v) is 11.8. The van der Waals surface area contributed by atoms with Crippen LogP contribution in [0.2, 0.25) is 0 Å². The molecule has 1 N–H and O–H groups in total. The first-order valence-electron chi connectivity index (χ1n) is 6.46. The van der Waals surface area contributed by atoms with E-state index in [0.717, 1.165) is 24.9 Å². The lowest BCUT2D eigenvalue weighted by atomic mass is 10.00. The maximum atomic E-state index is 12.7. The van der Waals surface area contributed by atoms with E-state index < -0.39 is 0 Å². The van der Waals surface area contributed by atoms with Crippen molar-refractivity contribution in [3.63, 3.8) is 0 Å². The zero-order chi connectivity index (χ0) is 13.6. The molecular weight excluding hydrogens is 229 g/mol. The van der Waals surface area contributed by atoms with Crippen molar-refractivity contribution in [2.24, 2.45) is 0 Å². The van der Waals surface area contributed by atoms with Crippen molar-refractivity contribution in [1.29, 1.82) is 0 Å². The molecule has 0 spiro atoms. The number of hydrogen-bond donors (Lipinski definition) is 1. The topological polar surface area (TPSA) is 21.3 Å². The third-order valence-electron chi connectivity index (χ3n) is 3.17. The zero-order valence-electron chi connectivity index (χ0n) is 11.8. The molecule has 0 saturated carbocycles. The molecule has 0 radical (unpaired) electrons. The summed E-state index contributed by atoms with van der Waals surface area (Å²) in [5.74, 6) is -0.179. The molecular formula is C15H24FNO. The lowest BCUT2D eigenvalue weighted by molar-refractivity contribution is 0.00865. The first-order valence-corrected chi connectivity index (χ1v) is 6.46. The summed E-state index contributed by atoms with van der Waals surface area (Å²) in [4.78, 5) is 0. The van der Waals surface area contributed by atoms with Gasteiger partial charge in [-0.1, -0.05) is 12.1 Å². The van der Waals surface area contributed by atoms with Crippen LogP contribution in [0.3, 0.4) is 0 Å². The van der Waals surface area contributed by atoms with E-state index in [-0.39, 0.29) is 11.4 Å². The number of halogens is 1. The van der Waals surface area contributed by atoms with Gasteiger partial charge in [0.05, 0.1) is 5.60 Å². The van der Waals surface area contributed by atoms with Crippen LogP contribution in [-0.2, 0) is 11.2 Å². The Bertz CT molecular complexity index is 348. The van der Waals surface area contributed by atoms with E-state index >= 15 is 0 Å². The normalized spacial score (nSPS) is 13.6. The molecule has 0 aliphatic heterocycles. The van der Waals surface area contributed by atoms with Crippen LogP contribution >= 0.6 is 0 Å². The van der Waals surface area contributed by atoms with E-state index in [9.17, 15) is 4.39 Å². The van der Waals surface area contributed by atoms with Crippen molar-refractivity contribution in [2.45, 2.75) is 45.3 Å². The summed E-state index contributed by atoms with van der Waals surface area (Å²) in [6, 6.07) is 7.08. The van der Waals surface area contributed by atoms with Crippen molar-refractivity contribution in [3.05, 3.63) is 35.6 Å². The van der Waals surface area contributed by atoms with Gasteiger partial charge in [-0.3, -0.25) is 0 Å². The van der Waals surface area contributed by atoms with Crippen LogP contribution in [-0.4, -0.2) is 25.3 Å². The number of benzene rings is 1. The van der Waals surface area contributed by atoms with E-state index in [1.165, 1.54) is 12.1 Å². The molecule has 1 rings (SSSR count). The summed E-state index contributed by atoms with van der Waals surface area (Å²) in [6.07, 6.45) is 1.88. The largest absolute Gasteiger partial charge is 0.379 e. The maximum absolute atomic E-state index is 12.7. The summed E-state index contributed by atoms with van der Waals surface area (Å²) in [5, 5.41) is 3.46. The summed E-state index contributed by atoms with van der Waals surface area (Å²) in [6.45, 7) is 7.23. The minimum absolute atomic E-state index is 0.0949. The van der Waals surface area contributed by atoms with Crippen molar-refractivity contribution >= 4 is 0 Å². The maximum Gasteiger partial charge on any atom is 0.123 e. The number of ether oxygens (including phenoxy) is 1. The minimum atomic E-state index is -0.179. The lowest BCUT2D eigenvalue weighted by Gasteiger charge is -2.27. The van der Waals surface area contributed by atoms with Gasteiger partial charge in [0.25, 0.3) is 0 Å². The van der Waals surface area contributed by atoms with Gasteiger partial charge in [0.2, 0.25) is 0 Å². The molecule has 3 heteroatoms. The Kier molecular flexibility index (Phi) is 5.76. The second-order valence-corrected chi connectivity index (χ2v) is 5.40. The molecule has 0 fully saturated rings. The van der Waals surface area contributed by atoms with E-state index in [1.807, 2.05) is 12.1 Å². The second-order valence-electron chi connectivity index (χ2n) is 5.40. The molecule has 0 aliphatic rings. The molecule has 0 amide bonds. The fourth-order valence-electron chi connectivity index (χ4n) is 2.01. The average Bonchev–Trinajstić information content (AvgIpc) is 2.31. The summed E-state index contributed by atoms with van der Waals surface area (Å²) < 4.78 is 18.1. The van der Waals surface area contributed by atoms with Crippen molar-refractivity contribution in [3.8, 4) is 0 Å². The molecule has 0 aromatic heterocycles. The van der Waals surface area contributed by atoms with Gasteiger partial charge < -0.3 is 10.1 Å². The Morgan fingerprint density at radius 1 is 1.28 bits per heavy atom. The molecule has 0 heterocycles. The molecule has 0 saturated heterocycles. The van der Waals surface area contributed by atoms with Crippen molar-refractivity contribution in [1.82, 2.24) is 5.32 Å². The van der Waals surface area contributed by atoms with Gasteiger partial charge in [0, 0.05) is 13.2 Å². The predicted molar refractivity (Wildman–Crippen MR) is 73.3 cm³/mol. The highest BCUT2D eigenvalue weighted by molar-refractivity contribution is 5.16. The molecule has 1 aromatic carbocycles. The van der Waals surface area contributed by atoms with Gasteiger partial charge in [-0.2, -0.15) is 0 Å². The van der Waals surface area contributed by atoms with E-state index in [0.29, 0.717) is 6.04 Å². The van der Waals surface area contributed by atoms with Gasteiger partial charge in [0.15, 0.2) is 0 Å². The first kappa shape index (κ1) is 15.1. The first-order chi connectivity index (χ1) is 8.43. The van der Waals surface area contributed by atoms with E-state index in [4.69, 9.17) is 4.74 Å². The van der Waals surface area contributed by atoms with Crippen LogP contribution in [0.5, 0.6) is 0 Å². The Labute approximate surface area is 110 Å². The monoisotopic (exact) mass is 253 g/mol. The number of hydrogen-bond acceptors (Lipinski definition) is 2. The quantitative estimate of drug-likeness (QED) is 0.806. The molecule has 1 aromatic rings. The average molecular weight is 253 g/mol. The van der Waals surface area contributed by atoms with Gasteiger partial charge in [-0.05, 0) is 57.9 Å². The molecule has 0 aliphatic carbocycles. The Morgan fingerprint density at radius 2 is 1.89 bits per heavy atom. The molecule has 18 heavy (non-hydrogen) atoms. The van der Waals surface area contributed by atoms with Crippen LogP contribution in [0.1, 0.15) is 32.8 Å². The van der Waals surface area contributed by atoms with Gasteiger partial charge in [0.1, 0.15) is 5.82 Å². The Balaban J connectivity index is 2.27. The molecule has 1 unspecified atom stereocenters. The predicted octanol–water partition coefficient (Wildman–Crippen LogP) is 3.16. The smallest absolute Gasteiger partial charge is 0.123 e. The SMILES string of the molecule is COC(C)(C)CC(C)NCCc1ccc(F)cc1. The number of rotatable bonds is 7. The summed E-state index contributed by atoms with van der Waals surface area (Å²) >= 11 is 0. The summed E-state index contributed by atoms with van der Waals surface area (Å²) in [5.41, 5.74) is 1.06. The van der Waals surface area contributed by atoms with Crippen LogP contribution in [0.4, 0.5) is 4.39 Å². The second kappa shape index (κ2) is 6.86. The molecule has 1 atom stereocenters. The van der Waals surface area contributed by atoms with Crippen LogP contribution in [0, 0.1) is 5.82 Å². The fourth-order valence-corrected chi connectivity index (χ4v) is 2.01.